The number of rotatable bonds is 7. The van der Waals surface area contributed by atoms with Gasteiger partial charge in [-0.15, -0.1) is 11.3 Å². The Morgan fingerprint density at radius 1 is 0.531 bits per heavy atom. The highest BCUT2D eigenvalue weighted by atomic mass is 32.1. The minimum Gasteiger partial charge on any atom is -0.309 e. The fraction of sp³-hybridized carbons (Fsp3) is 0.129. The average Bonchev–Trinajstić information content (AvgIpc) is 3.91. The molecular weight excluding hydrogens is 791 g/mol. The summed E-state index contributed by atoms with van der Waals surface area (Å²) in [6.07, 6.45) is 26.9. The number of nitrogens with zero attached hydrogens (tertiary/aromatic N) is 1. The smallest absolute Gasteiger partial charge is 0.0728 e. The average molecular weight is 838 g/mol. The van der Waals surface area contributed by atoms with Gasteiger partial charge in [-0.2, -0.15) is 0 Å². The summed E-state index contributed by atoms with van der Waals surface area (Å²) in [4.78, 5) is 2.62. The van der Waals surface area contributed by atoms with Crippen LogP contribution >= 0.6 is 11.3 Å². The molecule has 0 N–H and O–H groups in total. The standard InChI is InChI=1S/C62H47NS/c1-4-20-42(21-5-1)43-38-40-46(41-39-43)63(57-36-19-29-50-48-27-11-17-37-58(48)64-60(50)57)56-35-16-15-33-54(56)61(44-22-6-2-7-23-44)52-31-13-14-32-53(52)62(45-24-8-3-9-25-45)51-30-12-10-26-47(51)49-28-18-34-55(61)59(49)62/h1-24,26-29,31-38,40-41,43,45,51H,25,30,39H2. The maximum Gasteiger partial charge on any atom is 0.0728 e. The first-order valence-electron chi connectivity index (χ1n) is 23.0. The van der Waals surface area contributed by atoms with Gasteiger partial charge >= 0.3 is 0 Å². The molecule has 0 aliphatic heterocycles. The van der Waals surface area contributed by atoms with Crippen molar-refractivity contribution in [2.75, 3.05) is 4.90 Å². The van der Waals surface area contributed by atoms with Crippen LogP contribution in [0, 0.1) is 11.8 Å². The third-order valence-electron chi connectivity index (χ3n) is 15.2. The van der Waals surface area contributed by atoms with Crippen molar-refractivity contribution >= 4 is 48.5 Å². The molecule has 5 aliphatic carbocycles. The van der Waals surface area contributed by atoms with Crippen molar-refractivity contribution in [2.45, 2.75) is 36.0 Å². The van der Waals surface area contributed by atoms with E-state index in [1.165, 1.54) is 87.3 Å². The summed E-state index contributed by atoms with van der Waals surface area (Å²) in [5, 5.41) is 2.61. The summed E-state index contributed by atoms with van der Waals surface area (Å²) in [5.41, 5.74) is 15.3. The van der Waals surface area contributed by atoms with Crippen LogP contribution in [0.3, 0.4) is 0 Å². The van der Waals surface area contributed by atoms with Gasteiger partial charge in [-0.25, -0.2) is 0 Å². The normalized spacial score (nSPS) is 23.7. The summed E-state index contributed by atoms with van der Waals surface area (Å²) in [7, 11) is 0. The molecule has 8 aromatic rings. The minimum atomic E-state index is -0.656. The molecule has 2 heteroatoms. The predicted octanol–water partition coefficient (Wildman–Crippen LogP) is 15.9. The molecule has 1 heterocycles. The van der Waals surface area contributed by atoms with Gasteiger partial charge in [0, 0.05) is 38.4 Å². The Bertz CT molecular complexity index is 3340. The quantitative estimate of drug-likeness (QED) is 0.155. The highest BCUT2D eigenvalue weighted by Gasteiger charge is 2.62. The van der Waals surface area contributed by atoms with Crippen molar-refractivity contribution < 1.29 is 0 Å². The van der Waals surface area contributed by atoms with E-state index in [1.807, 2.05) is 11.3 Å². The molecule has 5 aliphatic rings. The topological polar surface area (TPSA) is 3.24 Å². The van der Waals surface area contributed by atoms with Crippen LogP contribution in [0.25, 0.3) is 25.7 Å². The van der Waals surface area contributed by atoms with Gasteiger partial charge in [-0.3, -0.25) is 0 Å². The number of para-hydroxylation sites is 1. The van der Waals surface area contributed by atoms with E-state index in [2.05, 4.69) is 236 Å². The summed E-state index contributed by atoms with van der Waals surface area (Å²) in [6, 6.07) is 64.6. The van der Waals surface area contributed by atoms with Crippen molar-refractivity contribution in [3.8, 4) is 0 Å². The molecule has 0 saturated heterocycles. The van der Waals surface area contributed by atoms with Crippen LogP contribution in [0.2, 0.25) is 0 Å². The first-order valence-corrected chi connectivity index (χ1v) is 23.8. The molecule has 0 spiro atoms. The Morgan fingerprint density at radius 3 is 2.06 bits per heavy atom. The van der Waals surface area contributed by atoms with Crippen LogP contribution in [0.1, 0.15) is 69.7 Å². The lowest BCUT2D eigenvalue weighted by molar-refractivity contribution is 0.297. The number of hydrogen-bond donors (Lipinski definition) is 0. The lowest BCUT2D eigenvalue weighted by atomic mass is 9.48. The molecule has 0 saturated carbocycles. The zero-order valence-corrected chi connectivity index (χ0v) is 36.5. The van der Waals surface area contributed by atoms with Gasteiger partial charge in [0.1, 0.15) is 0 Å². The van der Waals surface area contributed by atoms with Crippen molar-refractivity contribution in [3.05, 3.63) is 281 Å². The van der Waals surface area contributed by atoms with Gasteiger partial charge in [0.25, 0.3) is 0 Å². The van der Waals surface area contributed by atoms with E-state index >= 15 is 0 Å². The maximum atomic E-state index is 2.62. The summed E-state index contributed by atoms with van der Waals surface area (Å²) in [5.74, 6) is 0.957. The third kappa shape index (κ3) is 5.24. The number of benzene rings is 7. The SMILES string of the molecule is C1=CCC(C23c4ccccc4C(c4ccccc4)(c4ccccc4N(C4=CCC(c5ccccc5)C=C4)c4cccc5c4sc4ccccc45)c4cccc(c42)C2=CC=CCC23)C=C1. The second kappa shape index (κ2) is 14.8. The maximum absolute atomic E-state index is 2.62. The van der Waals surface area contributed by atoms with E-state index in [0.29, 0.717) is 17.8 Å². The van der Waals surface area contributed by atoms with Crippen molar-refractivity contribution in [1.29, 1.82) is 0 Å². The van der Waals surface area contributed by atoms with Gasteiger partial charge in [0.2, 0.25) is 0 Å². The molecule has 1 nitrogen and oxygen atoms in total. The van der Waals surface area contributed by atoms with E-state index in [4.69, 9.17) is 0 Å². The third-order valence-corrected chi connectivity index (χ3v) is 16.4. The molecule has 5 unspecified atom stereocenters. The first-order chi connectivity index (χ1) is 31.8. The van der Waals surface area contributed by atoms with Crippen LogP contribution < -0.4 is 4.90 Å². The molecule has 0 radical (unpaired) electrons. The number of allylic oxidation sites excluding steroid dienone is 11. The largest absolute Gasteiger partial charge is 0.309 e. The monoisotopic (exact) mass is 837 g/mol. The van der Waals surface area contributed by atoms with Gasteiger partial charge in [0.05, 0.1) is 21.5 Å². The summed E-state index contributed by atoms with van der Waals surface area (Å²) < 4.78 is 2.61. The van der Waals surface area contributed by atoms with Gasteiger partial charge in [-0.1, -0.05) is 206 Å². The van der Waals surface area contributed by atoms with Crippen molar-refractivity contribution in [2.24, 2.45) is 11.8 Å². The zero-order chi connectivity index (χ0) is 42.2. The lowest BCUT2D eigenvalue weighted by Gasteiger charge is -2.54. The Balaban J connectivity index is 1.13. The zero-order valence-electron chi connectivity index (χ0n) is 35.6. The number of thiophene rings is 1. The molecule has 64 heavy (non-hydrogen) atoms. The van der Waals surface area contributed by atoms with E-state index in [0.717, 1.165) is 19.3 Å². The minimum absolute atomic E-state index is 0.239. The van der Waals surface area contributed by atoms with Crippen LogP contribution in [-0.2, 0) is 10.8 Å². The number of fused-ring (bicyclic) bond motifs is 8. The number of anilines is 2. The van der Waals surface area contributed by atoms with Crippen LogP contribution in [0.4, 0.5) is 11.4 Å². The predicted molar refractivity (Wildman–Crippen MR) is 270 cm³/mol. The van der Waals surface area contributed by atoms with Crippen molar-refractivity contribution in [3.63, 3.8) is 0 Å². The fourth-order valence-electron chi connectivity index (χ4n) is 12.7. The summed E-state index contributed by atoms with van der Waals surface area (Å²) >= 11 is 1.91. The second-order valence-corrected chi connectivity index (χ2v) is 19.2. The van der Waals surface area contributed by atoms with Crippen LogP contribution in [0.15, 0.2) is 236 Å². The lowest BCUT2D eigenvalue weighted by Crippen LogP contribution is -2.49. The molecule has 306 valence electrons. The Kier molecular flexibility index (Phi) is 8.68. The fourth-order valence-corrected chi connectivity index (χ4v) is 13.9. The molecule has 0 bridgehead atoms. The molecule has 1 aromatic heterocycles. The molecule has 0 amide bonds. The molecule has 5 atom stereocenters. The Morgan fingerprint density at radius 2 is 1.23 bits per heavy atom. The first kappa shape index (κ1) is 37.5. The highest BCUT2D eigenvalue weighted by Crippen LogP contribution is 2.69. The number of hydrogen-bond acceptors (Lipinski definition) is 2. The highest BCUT2D eigenvalue weighted by molar-refractivity contribution is 7.26. The molecule has 13 rings (SSSR count). The van der Waals surface area contributed by atoms with Crippen LogP contribution in [-0.4, -0.2) is 0 Å². The molecule has 7 aromatic carbocycles. The van der Waals surface area contributed by atoms with Crippen LogP contribution in [0.5, 0.6) is 0 Å². The second-order valence-electron chi connectivity index (χ2n) is 18.1. The van der Waals surface area contributed by atoms with E-state index in [-0.39, 0.29) is 5.41 Å². The molecule has 0 fully saturated rings. The van der Waals surface area contributed by atoms with E-state index in [1.54, 1.807) is 0 Å². The Labute approximate surface area is 380 Å². The molecular formula is C62H47NS. The van der Waals surface area contributed by atoms with Gasteiger partial charge in [-0.05, 0) is 99.5 Å². The van der Waals surface area contributed by atoms with Crippen molar-refractivity contribution in [1.82, 2.24) is 0 Å². The summed E-state index contributed by atoms with van der Waals surface area (Å²) in [6.45, 7) is 0. The van der Waals surface area contributed by atoms with Gasteiger partial charge in [0.15, 0.2) is 0 Å². The van der Waals surface area contributed by atoms with E-state index in [9.17, 15) is 0 Å². The van der Waals surface area contributed by atoms with E-state index < -0.39 is 5.41 Å². The van der Waals surface area contributed by atoms with Gasteiger partial charge < -0.3 is 4.90 Å². The Hall–Kier alpha value is -7.00.